The van der Waals surface area contributed by atoms with Gasteiger partial charge in [0.25, 0.3) is 0 Å². The van der Waals surface area contributed by atoms with Gasteiger partial charge in [0.05, 0.1) is 18.8 Å². The highest BCUT2D eigenvalue weighted by Crippen LogP contribution is 2.04. The molecule has 0 aliphatic rings. The van der Waals surface area contributed by atoms with Gasteiger partial charge in [0.1, 0.15) is 12.1 Å². The summed E-state index contributed by atoms with van der Waals surface area (Å²) in [6, 6.07) is -5.15. The number of rotatable bonds is 16. The van der Waals surface area contributed by atoms with Crippen LogP contribution in [0.2, 0.25) is 0 Å². The first kappa shape index (κ1) is 30.4. The third-order valence-corrected chi connectivity index (χ3v) is 5.05. The van der Waals surface area contributed by atoms with Gasteiger partial charge in [-0.3, -0.25) is 19.4 Å². The second-order valence-electron chi connectivity index (χ2n) is 7.21. The number of nitrogens with zero attached hydrogens (tertiary/aromatic N) is 1. The molecule has 0 aromatic rings. The average Bonchev–Trinajstić information content (AvgIpc) is 2.74. The van der Waals surface area contributed by atoms with E-state index in [2.05, 4.69) is 15.6 Å². The van der Waals surface area contributed by atoms with Crippen LogP contribution in [0.5, 0.6) is 0 Å². The van der Waals surface area contributed by atoms with E-state index in [0.29, 0.717) is 18.6 Å². The highest BCUT2D eigenvalue weighted by molar-refractivity contribution is 7.98. The van der Waals surface area contributed by atoms with E-state index in [1.165, 1.54) is 11.8 Å². The maximum Gasteiger partial charge on any atom is 0.328 e. The van der Waals surface area contributed by atoms with Crippen molar-refractivity contribution in [3.63, 3.8) is 0 Å². The third-order valence-electron chi connectivity index (χ3n) is 4.41. The number of nitrogens with one attached hydrogen (secondary N) is 3. The Kier molecular flexibility index (Phi) is 14.8. The van der Waals surface area contributed by atoms with Crippen molar-refractivity contribution in [2.45, 2.75) is 56.5 Å². The first-order valence-electron chi connectivity index (χ1n) is 10.2. The summed E-state index contributed by atoms with van der Waals surface area (Å²) in [6.45, 7) is 0.485. The van der Waals surface area contributed by atoms with Crippen molar-refractivity contribution in [2.75, 3.05) is 25.2 Å². The minimum Gasteiger partial charge on any atom is -0.480 e. The number of carbonyl (C=O) groups is 4. The number of nitrogens with two attached hydrogens (primary N) is 3. The van der Waals surface area contributed by atoms with Crippen LogP contribution in [-0.4, -0.2) is 100 Å². The standard InChI is InChI=1S/C18H35N7O7S/c1-9(27)13(17(31)32)25-16(30)12(8-26)24-15(29)11(4-3-6-22-18(20)21)23-14(28)10(19)5-7-33-2/h9-13,26-27H,3-8,19H2,1-2H3,(H,23,28)(H,24,29)(H,25,30)(H,31,32)(H4,20,21,22). The summed E-state index contributed by atoms with van der Waals surface area (Å²) in [4.78, 5) is 52.4. The topological polar surface area (TPSA) is 255 Å². The van der Waals surface area contributed by atoms with Crippen LogP contribution in [-0.2, 0) is 19.2 Å². The number of aliphatic hydroxyl groups is 2. The number of hydrogen-bond donors (Lipinski definition) is 9. The normalized spacial score (nSPS) is 15.3. The molecule has 0 aromatic heterocycles. The maximum atomic E-state index is 12.8. The van der Waals surface area contributed by atoms with E-state index in [1.807, 2.05) is 11.6 Å². The molecular formula is C18H35N7O7S. The van der Waals surface area contributed by atoms with Crippen molar-refractivity contribution in [2.24, 2.45) is 22.2 Å². The van der Waals surface area contributed by atoms with Gasteiger partial charge >= 0.3 is 5.97 Å². The third kappa shape index (κ3) is 12.3. The predicted octanol–water partition coefficient (Wildman–Crippen LogP) is -3.97. The molecule has 14 nitrogen and oxygen atoms in total. The molecular weight excluding hydrogens is 458 g/mol. The largest absolute Gasteiger partial charge is 0.480 e. The monoisotopic (exact) mass is 493 g/mol. The van der Waals surface area contributed by atoms with Crippen molar-refractivity contribution < 1.29 is 34.5 Å². The number of amides is 3. The fourth-order valence-electron chi connectivity index (χ4n) is 2.54. The molecule has 0 rings (SSSR count). The molecule has 5 atom stereocenters. The van der Waals surface area contributed by atoms with Gasteiger partial charge in [0.15, 0.2) is 12.0 Å². The first-order valence-corrected chi connectivity index (χ1v) is 11.6. The Morgan fingerprint density at radius 1 is 1.00 bits per heavy atom. The van der Waals surface area contributed by atoms with E-state index in [9.17, 15) is 29.4 Å². The lowest BCUT2D eigenvalue weighted by Crippen LogP contribution is -2.59. The Morgan fingerprint density at radius 3 is 2.06 bits per heavy atom. The van der Waals surface area contributed by atoms with Crippen LogP contribution in [0, 0.1) is 0 Å². The summed E-state index contributed by atoms with van der Waals surface area (Å²) in [6.07, 6.45) is 1.21. The van der Waals surface area contributed by atoms with E-state index >= 15 is 0 Å². The number of carboxylic acids is 1. The van der Waals surface area contributed by atoms with Crippen molar-refractivity contribution in [3.05, 3.63) is 0 Å². The highest BCUT2D eigenvalue weighted by atomic mass is 32.2. The summed E-state index contributed by atoms with van der Waals surface area (Å²) in [5.74, 6) is -3.40. The molecule has 0 saturated carbocycles. The lowest BCUT2D eigenvalue weighted by molar-refractivity contribution is -0.145. The van der Waals surface area contributed by atoms with E-state index in [1.54, 1.807) is 0 Å². The van der Waals surface area contributed by atoms with Crippen LogP contribution < -0.4 is 33.2 Å². The van der Waals surface area contributed by atoms with Crippen LogP contribution in [0.25, 0.3) is 0 Å². The van der Waals surface area contributed by atoms with Gasteiger partial charge in [-0.2, -0.15) is 11.8 Å². The molecule has 0 radical (unpaired) electrons. The van der Waals surface area contributed by atoms with Crippen LogP contribution in [0.15, 0.2) is 4.99 Å². The Bertz CT molecular complexity index is 689. The Hall–Kier alpha value is -2.62. The highest BCUT2D eigenvalue weighted by Gasteiger charge is 2.31. The minimum absolute atomic E-state index is 0.0921. The van der Waals surface area contributed by atoms with Crippen LogP contribution in [0.3, 0.4) is 0 Å². The van der Waals surface area contributed by atoms with E-state index in [4.69, 9.17) is 22.3 Å². The quantitative estimate of drug-likeness (QED) is 0.0569. The maximum absolute atomic E-state index is 12.8. The van der Waals surface area contributed by atoms with Gasteiger partial charge in [0.2, 0.25) is 17.7 Å². The molecule has 0 bridgehead atoms. The smallest absolute Gasteiger partial charge is 0.328 e. The summed E-state index contributed by atoms with van der Waals surface area (Å²) < 4.78 is 0. The fourth-order valence-corrected chi connectivity index (χ4v) is 3.03. The number of carboxylic acid groups (broad SMARTS) is 1. The molecule has 3 amide bonds. The first-order chi connectivity index (χ1) is 15.4. The van der Waals surface area contributed by atoms with Gasteiger partial charge in [-0.25, -0.2) is 4.79 Å². The van der Waals surface area contributed by atoms with Crippen molar-refractivity contribution in [1.82, 2.24) is 16.0 Å². The summed E-state index contributed by atoms with van der Waals surface area (Å²) >= 11 is 1.51. The number of guanidine groups is 1. The molecule has 0 heterocycles. The second kappa shape index (κ2) is 16.1. The Morgan fingerprint density at radius 2 is 1.58 bits per heavy atom. The molecule has 0 saturated heterocycles. The van der Waals surface area contributed by atoms with Gasteiger partial charge in [-0.15, -0.1) is 0 Å². The van der Waals surface area contributed by atoms with Crippen LogP contribution >= 0.6 is 11.8 Å². The molecule has 5 unspecified atom stereocenters. The van der Waals surface area contributed by atoms with E-state index in [-0.39, 0.29) is 18.9 Å². The minimum atomic E-state index is -1.65. The fraction of sp³-hybridized carbons (Fsp3) is 0.722. The summed E-state index contributed by atoms with van der Waals surface area (Å²) in [5.41, 5.74) is 16.4. The molecule has 0 aliphatic heterocycles. The van der Waals surface area contributed by atoms with Crippen molar-refractivity contribution in [1.29, 1.82) is 0 Å². The average molecular weight is 494 g/mol. The number of hydrogen-bond acceptors (Lipinski definition) is 9. The lowest BCUT2D eigenvalue weighted by Gasteiger charge is -2.24. The summed E-state index contributed by atoms with van der Waals surface area (Å²) in [5, 5.41) is 34.9. The molecule has 0 aromatic carbocycles. The summed E-state index contributed by atoms with van der Waals surface area (Å²) in [7, 11) is 0. The van der Waals surface area contributed by atoms with Crippen LogP contribution in [0.1, 0.15) is 26.2 Å². The van der Waals surface area contributed by atoms with Crippen molar-refractivity contribution >= 4 is 41.4 Å². The molecule has 15 heteroatoms. The van der Waals surface area contributed by atoms with Crippen molar-refractivity contribution in [3.8, 4) is 0 Å². The number of aliphatic carboxylic acids is 1. The van der Waals surface area contributed by atoms with Gasteiger partial charge in [0, 0.05) is 6.54 Å². The molecule has 190 valence electrons. The molecule has 12 N–H and O–H groups in total. The van der Waals surface area contributed by atoms with Crippen LogP contribution in [0.4, 0.5) is 0 Å². The number of aliphatic imine (C=N–C) groups is 1. The van der Waals surface area contributed by atoms with Gasteiger partial charge in [-0.1, -0.05) is 0 Å². The van der Waals surface area contributed by atoms with E-state index in [0.717, 1.165) is 6.92 Å². The Labute approximate surface area is 196 Å². The predicted molar refractivity (Wildman–Crippen MR) is 123 cm³/mol. The molecule has 33 heavy (non-hydrogen) atoms. The number of carbonyl (C=O) groups excluding carboxylic acids is 3. The van der Waals surface area contributed by atoms with Gasteiger partial charge < -0.3 is 48.5 Å². The zero-order valence-corrected chi connectivity index (χ0v) is 19.5. The number of aliphatic hydroxyl groups excluding tert-OH is 2. The molecule has 0 spiro atoms. The zero-order valence-electron chi connectivity index (χ0n) is 18.7. The molecule has 0 aliphatic carbocycles. The van der Waals surface area contributed by atoms with Gasteiger partial charge in [-0.05, 0) is 38.2 Å². The SMILES string of the molecule is CSCCC(N)C(=O)NC(CCCN=C(N)N)C(=O)NC(CO)C(=O)NC(C(=O)O)C(C)O. The Balaban J connectivity index is 5.31. The lowest BCUT2D eigenvalue weighted by atomic mass is 10.1. The number of thioether (sulfide) groups is 1. The van der Waals surface area contributed by atoms with E-state index < -0.39 is 60.6 Å². The second-order valence-corrected chi connectivity index (χ2v) is 8.19. The molecule has 0 fully saturated rings. The zero-order chi connectivity index (χ0) is 25.6.